The topological polar surface area (TPSA) is 56.7 Å². The average Bonchev–Trinajstić information content (AvgIpc) is 2.86. The highest BCUT2D eigenvalue weighted by Gasteiger charge is 2.06. The molecule has 0 saturated carbocycles. The monoisotopic (exact) mass is 186 g/mol. The van der Waals surface area contributed by atoms with Crippen LogP contribution >= 0.6 is 0 Å². The molecule has 0 saturated heterocycles. The van der Waals surface area contributed by atoms with Gasteiger partial charge in [0.25, 0.3) is 0 Å². The molecular weight excluding hydrogens is 180 g/mol. The molecule has 3 rings (SSSR count). The molecule has 0 N–H and O–H groups in total. The quantitative estimate of drug-likeness (QED) is 0.576. The van der Waals surface area contributed by atoms with Crippen LogP contribution in [0.15, 0.2) is 41.3 Å². The summed E-state index contributed by atoms with van der Waals surface area (Å²) in [5.74, 6) is 0. The lowest BCUT2D eigenvalue weighted by Crippen LogP contribution is -1.93. The van der Waals surface area contributed by atoms with E-state index in [9.17, 15) is 0 Å². The zero-order valence-corrected chi connectivity index (χ0v) is 7.16. The molecule has 1 aromatic carbocycles. The van der Waals surface area contributed by atoms with E-state index in [1.165, 1.54) is 11.0 Å². The first-order chi connectivity index (χ1) is 6.93. The lowest BCUT2D eigenvalue weighted by Gasteiger charge is -1.87. The van der Waals surface area contributed by atoms with Gasteiger partial charge >= 0.3 is 6.01 Å². The summed E-state index contributed by atoms with van der Waals surface area (Å²) in [5.41, 5.74) is 1.57. The van der Waals surface area contributed by atoms with Crippen LogP contribution in [-0.4, -0.2) is 19.7 Å². The first-order valence-corrected chi connectivity index (χ1v) is 4.14. The molecule has 0 unspecified atom stereocenters. The second kappa shape index (κ2) is 2.66. The first kappa shape index (κ1) is 7.25. The number of rotatable bonds is 1. The molecule has 0 radical (unpaired) electrons. The fraction of sp³-hybridized carbons (Fsp3) is 0. The molecule has 0 aliphatic carbocycles. The van der Waals surface area contributed by atoms with E-state index in [2.05, 4.69) is 15.1 Å². The molecule has 0 aliphatic rings. The number of hydrogen-bond donors (Lipinski definition) is 0. The molecule has 2 heterocycles. The van der Waals surface area contributed by atoms with Crippen LogP contribution in [0.1, 0.15) is 0 Å². The summed E-state index contributed by atoms with van der Waals surface area (Å²) in [6, 6.07) is 8.00. The first-order valence-electron chi connectivity index (χ1n) is 4.14. The van der Waals surface area contributed by atoms with E-state index in [0.717, 1.165) is 11.1 Å². The number of benzene rings is 1. The summed E-state index contributed by atoms with van der Waals surface area (Å²) in [6.45, 7) is 0. The van der Waals surface area contributed by atoms with Gasteiger partial charge in [0.2, 0.25) is 0 Å². The van der Waals surface area contributed by atoms with Gasteiger partial charge in [-0.25, -0.2) is 4.98 Å². The van der Waals surface area contributed by atoms with E-state index in [-0.39, 0.29) is 0 Å². The van der Waals surface area contributed by atoms with Crippen LogP contribution in [0.4, 0.5) is 0 Å². The van der Waals surface area contributed by atoms with Gasteiger partial charge in [0.05, 0.1) is 0 Å². The summed E-state index contributed by atoms with van der Waals surface area (Å²) >= 11 is 0. The van der Waals surface area contributed by atoms with Crippen molar-refractivity contribution in [3.8, 4) is 6.01 Å². The van der Waals surface area contributed by atoms with Gasteiger partial charge in [-0.3, -0.25) is 0 Å². The molecule has 0 spiro atoms. The number of hydrogen-bond acceptors (Lipinski definition) is 4. The summed E-state index contributed by atoms with van der Waals surface area (Å²) in [4.78, 5) is 8.07. The van der Waals surface area contributed by atoms with E-state index >= 15 is 0 Å². The molecular formula is C9H6N4O. The number of fused-ring (bicyclic) bond motifs is 1. The number of oxazole rings is 1. The molecule has 0 bridgehead atoms. The van der Waals surface area contributed by atoms with Crippen LogP contribution in [0, 0.1) is 0 Å². The van der Waals surface area contributed by atoms with Crippen molar-refractivity contribution in [2.45, 2.75) is 0 Å². The molecule has 0 amide bonds. The fourth-order valence-corrected chi connectivity index (χ4v) is 1.27. The second-order valence-electron chi connectivity index (χ2n) is 2.80. The van der Waals surface area contributed by atoms with Gasteiger partial charge in [-0.1, -0.05) is 12.1 Å². The van der Waals surface area contributed by atoms with Crippen molar-refractivity contribution in [2.75, 3.05) is 0 Å². The molecule has 0 fully saturated rings. The zero-order chi connectivity index (χ0) is 9.38. The minimum absolute atomic E-state index is 0.434. The Bertz CT molecular complexity index is 522. The third-order valence-electron chi connectivity index (χ3n) is 1.90. The van der Waals surface area contributed by atoms with Crippen molar-refractivity contribution in [3.05, 3.63) is 36.9 Å². The fourth-order valence-electron chi connectivity index (χ4n) is 1.27. The Balaban J connectivity index is 2.24. The van der Waals surface area contributed by atoms with Crippen molar-refractivity contribution in [1.29, 1.82) is 0 Å². The molecule has 14 heavy (non-hydrogen) atoms. The number of nitrogens with zero attached hydrogens (tertiary/aromatic N) is 4. The summed E-state index contributed by atoms with van der Waals surface area (Å²) < 4.78 is 6.95. The Morgan fingerprint density at radius 1 is 1.21 bits per heavy atom. The Kier molecular flexibility index (Phi) is 1.38. The van der Waals surface area contributed by atoms with Gasteiger partial charge in [-0.05, 0) is 12.1 Å². The van der Waals surface area contributed by atoms with Crippen molar-refractivity contribution in [2.24, 2.45) is 0 Å². The van der Waals surface area contributed by atoms with Crippen LogP contribution in [0.5, 0.6) is 0 Å². The molecule has 0 atom stereocenters. The van der Waals surface area contributed by atoms with Crippen LogP contribution in [0.2, 0.25) is 0 Å². The highest BCUT2D eigenvalue weighted by molar-refractivity contribution is 5.72. The van der Waals surface area contributed by atoms with E-state index < -0.39 is 0 Å². The van der Waals surface area contributed by atoms with Gasteiger partial charge in [0.15, 0.2) is 5.58 Å². The minimum atomic E-state index is 0.434. The summed E-state index contributed by atoms with van der Waals surface area (Å²) in [5, 5.41) is 3.93. The lowest BCUT2D eigenvalue weighted by atomic mass is 10.3. The molecule has 5 heteroatoms. The third-order valence-corrected chi connectivity index (χ3v) is 1.90. The summed E-state index contributed by atoms with van der Waals surface area (Å²) in [7, 11) is 0. The highest BCUT2D eigenvalue weighted by atomic mass is 16.4. The van der Waals surface area contributed by atoms with Crippen LogP contribution in [0.3, 0.4) is 0 Å². The Morgan fingerprint density at radius 2 is 2.14 bits per heavy atom. The molecule has 3 aromatic rings. The number of aromatic nitrogens is 4. The highest BCUT2D eigenvalue weighted by Crippen LogP contribution is 2.16. The van der Waals surface area contributed by atoms with Crippen molar-refractivity contribution >= 4 is 11.1 Å². The molecule has 0 aliphatic heterocycles. The predicted molar refractivity (Wildman–Crippen MR) is 48.9 cm³/mol. The van der Waals surface area contributed by atoms with Crippen molar-refractivity contribution < 1.29 is 4.42 Å². The molecule has 2 aromatic heterocycles. The molecule has 5 nitrogen and oxygen atoms in total. The van der Waals surface area contributed by atoms with Crippen LogP contribution in [-0.2, 0) is 0 Å². The average molecular weight is 186 g/mol. The van der Waals surface area contributed by atoms with E-state index in [4.69, 9.17) is 4.42 Å². The molecule has 68 valence electrons. The SMILES string of the molecule is c1ccc2oc(-n3cncn3)nc2c1. The maximum Gasteiger partial charge on any atom is 0.325 e. The Hall–Kier alpha value is -2.17. The van der Waals surface area contributed by atoms with E-state index in [0.29, 0.717) is 6.01 Å². The maximum atomic E-state index is 5.46. The van der Waals surface area contributed by atoms with Crippen LogP contribution < -0.4 is 0 Å². The largest absolute Gasteiger partial charge is 0.422 e. The van der Waals surface area contributed by atoms with Gasteiger partial charge < -0.3 is 4.42 Å². The Morgan fingerprint density at radius 3 is 2.93 bits per heavy atom. The summed E-state index contributed by atoms with van der Waals surface area (Å²) in [6.07, 6.45) is 2.99. The van der Waals surface area contributed by atoms with Crippen molar-refractivity contribution in [3.63, 3.8) is 0 Å². The van der Waals surface area contributed by atoms with E-state index in [1.54, 1.807) is 6.33 Å². The normalized spacial score (nSPS) is 10.9. The minimum Gasteiger partial charge on any atom is -0.422 e. The van der Waals surface area contributed by atoms with Crippen molar-refractivity contribution in [1.82, 2.24) is 19.7 Å². The zero-order valence-electron chi connectivity index (χ0n) is 7.16. The lowest BCUT2D eigenvalue weighted by molar-refractivity contribution is 0.542. The number of para-hydroxylation sites is 2. The van der Waals surface area contributed by atoms with E-state index in [1.807, 2.05) is 24.3 Å². The second-order valence-corrected chi connectivity index (χ2v) is 2.80. The van der Waals surface area contributed by atoms with Crippen LogP contribution in [0.25, 0.3) is 17.1 Å². The maximum absolute atomic E-state index is 5.46. The van der Waals surface area contributed by atoms with Gasteiger partial charge in [-0.2, -0.15) is 14.8 Å². The standard InChI is InChI=1S/C9H6N4O/c1-2-4-8-7(3-1)12-9(14-8)13-6-10-5-11-13/h1-6H. The smallest absolute Gasteiger partial charge is 0.325 e. The predicted octanol–water partition coefficient (Wildman–Crippen LogP) is 1.41. The van der Waals surface area contributed by atoms with Gasteiger partial charge in [0, 0.05) is 0 Å². The third kappa shape index (κ3) is 0.990. The van der Waals surface area contributed by atoms with Gasteiger partial charge in [-0.15, -0.1) is 0 Å². The van der Waals surface area contributed by atoms with Gasteiger partial charge in [0.1, 0.15) is 18.2 Å². The Labute approximate surface area is 79.0 Å².